The lowest BCUT2D eigenvalue weighted by molar-refractivity contribution is 0.0953. The average molecular weight is 161 g/mol. The third-order valence-electron chi connectivity index (χ3n) is 1.30. The first kappa shape index (κ1) is 8.24. The van der Waals surface area contributed by atoms with Gasteiger partial charge in [0.05, 0.1) is 5.56 Å². The predicted molar refractivity (Wildman–Crippen MR) is 43.8 cm³/mol. The molecule has 0 fully saturated rings. The van der Waals surface area contributed by atoms with Crippen LogP contribution in [-0.4, -0.2) is 10.9 Å². The molecule has 0 aliphatic carbocycles. The smallest absolute Gasteiger partial charge is 0.266 e. The zero-order valence-electron chi connectivity index (χ0n) is 6.24. The van der Waals surface area contributed by atoms with E-state index in [1.807, 2.05) is 5.43 Å². The van der Waals surface area contributed by atoms with Crippen molar-refractivity contribution in [2.45, 2.75) is 0 Å². The van der Waals surface area contributed by atoms with Gasteiger partial charge in [0.1, 0.15) is 0 Å². The van der Waals surface area contributed by atoms with Gasteiger partial charge in [-0.05, 0) is 6.07 Å². The van der Waals surface area contributed by atoms with Crippen molar-refractivity contribution in [1.82, 2.24) is 10.4 Å². The summed E-state index contributed by atoms with van der Waals surface area (Å²) in [6, 6.07) is 1.54. The fraction of sp³-hybridized carbons (Fsp3) is 0. The minimum absolute atomic E-state index is 0.355. The molecule has 60 valence electrons. The number of hydrogen-bond acceptors (Lipinski definition) is 3. The summed E-state index contributed by atoms with van der Waals surface area (Å²) in [6.07, 6.45) is 7.99. The molecule has 0 radical (unpaired) electrons. The molecule has 0 atom stereocenters. The van der Waals surface area contributed by atoms with Crippen molar-refractivity contribution in [3.8, 4) is 12.3 Å². The largest absolute Gasteiger partial charge is 0.290 e. The van der Waals surface area contributed by atoms with Crippen molar-refractivity contribution in [2.75, 3.05) is 0 Å². The number of terminal acetylenes is 1. The summed E-state index contributed by atoms with van der Waals surface area (Å²) in [5.41, 5.74) is 2.89. The maximum Gasteiger partial charge on any atom is 0.266 e. The highest BCUT2D eigenvalue weighted by molar-refractivity contribution is 5.93. The molecule has 0 saturated carbocycles. The average Bonchev–Trinajstić information content (AvgIpc) is 2.17. The Morgan fingerprint density at radius 1 is 1.67 bits per heavy atom. The molecule has 4 nitrogen and oxygen atoms in total. The van der Waals surface area contributed by atoms with E-state index < -0.39 is 5.91 Å². The molecule has 4 heteroatoms. The summed E-state index contributed by atoms with van der Waals surface area (Å²) in [5.74, 6) is 6.88. The highest BCUT2D eigenvalue weighted by Gasteiger charge is 2.02. The van der Waals surface area contributed by atoms with Gasteiger partial charge in [0.15, 0.2) is 0 Å². The van der Waals surface area contributed by atoms with Gasteiger partial charge in [-0.15, -0.1) is 6.42 Å². The van der Waals surface area contributed by atoms with Gasteiger partial charge >= 0.3 is 0 Å². The molecule has 0 aromatic carbocycles. The van der Waals surface area contributed by atoms with E-state index in [9.17, 15) is 4.79 Å². The summed E-state index contributed by atoms with van der Waals surface area (Å²) >= 11 is 0. The Bertz CT molecular complexity index is 340. The van der Waals surface area contributed by atoms with Crippen LogP contribution in [-0.2, 0) is 0 Å². The van der Waals surface area contributed by atoms with Crippen LogP contribution >= 0.6 is 0 Å². The van der Waals surface area contributed by atoms with Crippen molar-refractivity contribution >= 4 is 5.91 Å². The summed E-state index contributed by atoms with van der Waals surface area (Å²) < 4.78 is 0. The SMILES string of the molecule is C#Cc1cncc(C(=O)NN)c1. The highest BCUT2D eigenvalue weighted by Crippen LogP contribution is 2.00. The van der Waals surface area contributed by atoms with E-state index in [2.05, 4.69) is 10.9 Å². The highest BCUT2D eigenvalue weighted by atomic mass is 16.2. The molecule has 0 spiro atoms. The van der Waals surface area contributed by atoms with Crippen molar-refractivity contribution in [2.24, 2.45) is 5.84 Å². The fourth-order valence-electron chi connectivity index (χ4n) is 0.726. The van der Waals surface area contributed by atoms with E-state index in [0.29, 0.717) is 11.1 Å². The zero-order valence-corrected chi connectivity index (χ0v) is 6.24. The van der Waals surface area contributed by atoms with Gasteiger partial charge in [0.2, 0.25) is 0 Å². The Labute approximate surface area is 69.8 Å². The second kappa shape index (κ2) is 3.51. The van der Waals surface area contributed by atoms with Gasteiger partial charge < -0.3 is 0 Å². The Kier molecular flexibility index (Phi) is 2.41. The van der Waals surface area contributed by atoms with Crippen molar-refractivity contribution in [3.05, 3.63) is 29.6 Å². The fourth-order valence-corrected chi connectivity index (χ4v) is 0.726. The van der Waals surface area contributed by atoms with Gasteiger partial charge in [0.25, 0.3) is 5.91 Å². The number of nitrogens with zero attached hydrogens (tertiary/aromatic N) is 1. The molecular weight excluding hydrogens is 154 g/mol. The molecule has 1 aromatic rings. The van der Waals surface area contributed by atoms with Gasteiger partial charge in [0, 0.05) is 18.0 Å². The number of amides is 1. The van der Waals surface area contributed by atoms with E-state index in [0.717, 1.165) is 0 Å². The number of carbonyl (C=O) groups is 1. The Morgan fingerprint density at radius 3 is 3.00 bits per heavy atom. The summed E-state index contributed by atoms with van der Waals surface area (Å²) in [5, 5.41) is 0. The molecule has 3 N–H and O–H groups in total. The standard InChI is InChI=1S/C8H7N3O/c1-2-6-3-7(5-10-4-6)8(12)11-9/h1,3-5H,9H2,(H,11,12). The number of hydrogen-bond donors (Lipinski definition) is 2. The molecule has 1 amide bonds. The Balaban J connectivity index is 3.04. The predicted octanol–water partition coefficient (Wildman–Crippen LogP) is -0.334. The van der Waals surface area contributed by atoms with Crippen LogP contribution in [0.5, 0.6) is 0 Å². The van der Waals surface area contributed by atoms with Crippen LogP contribution in [0.4, 0.5) is 0 Å². The number of pyridine rings is 1. The van der Waals surface area contributed by atoms with Crippen LogP contribution < -0.4 is 11.3 Å². The monoisotopic (exact) mass is 161 g/mol. The number of aromatic nitrogens is 1. The summed E-state index contributed by atoms with van der Waals surface area (Å²) in [7, 11) is 0. The Morgan fingerprint density at radius 2 is 2.42 bits per heavy atom. The molecule has 0 aliphatic rings. The van der Waals surface area contributed by atoms with Gasteiger partial charge in [-0.3, -0.25) is 15.2 Å². The Hall–Kier alpha value is -1.86. The third-order valence-corrected chi connectivity index (χ3v) is 1.30. The van der Waals surface area contributed by atoms with Crippen LogP contribution in [0.25, 0.3) is 0 Å². The third kappa shape index (κ3) is 1.59. The molecule has 12 heavy (non-hydrogen) atoms. The van der Waals surface area contributed by atoms with E-state index in [1.165, 1.54) is 18.5 Å². The van der Waals surface area contributed by atoms with Crippen LogP contribution in [0.3, 0.4) is 0 Å². The number of hydrazine groups is 1. The molecule has 1 rings (SSSR count). The second-order valence-corrected chi connectivity index (χ2v) is 2.08. The topological polar surface area (TPSA) is 68.0 Å². The molecule has 1 heterocycles. The van der Waals surface area contributed by atoms with Crippen molar-refractivity contribution in [1.29, 1.82) is 0 Å². The molecule has 0 unspecified atom stereocenters. The lowest BCUT2D eigenvalue weighted by Gasteiger charge is -1.97. The molecule has 1 aromatic heterocycles. The zero-order chi connectivity index (χ0) is 8.97. The lowest BCUT2D eigenvalue weighted by atomic mass is 10.2. The van der Waals surface area contributed by atoms with Crippen LogP contribution in [0.15, 0.2) is 18.5 Å². The van der Waals surface area contributed by atoms with Gasteiger partial charge in [-0.1, -0.05) is 5.92 Å². The van der Waals surface area contributed by atoms with Crippen LogP contribution in [0, 0.1) is 12.3 Å². The molecule has 0 saturated heterocycles. The minimum atomic E-state index is -0.403. The van der Waals surface area contributed by atoms with E-state index in [4.69, 9.17) is 12.3 Å². The van der Waals surface area contributed by atoms with Gasteiger partial charge in [-0.25, -0.2) is 5.84 Å². The molecule has 0 aliphatic heterocycles. The lowest BCUT2D eigenvalue weighted by Crippen LogP contribution is -2.30. The summed E-state index contributed by atoms with van der Waals surface area (Å²) in [4.78, 5) is 14.7. The molecular formula is C8H7N3O. The van der Waals surface area contributed by atoms with E-state index >= 15 is 0 Å². The van der Waals surface area contributed by atoms with Crippen LogP contribution in [0.2, 0.25) is 0 Å². The normalized spacial score (nSPS) is 8.67. The number of nitrogen functional groups attached to an aromatic ring is 1. The van der Waals surface area contributed by atoms with Crippen molar-refractivity contribution in [3.63, 3.8) is 0 Å². The first-order valence-corrected chi connectivity index (χ1v) is 3.20. The van der Waals surface area contributed by atoms with Crippen molar-refractivity contribution < 1.29 is 4.79 Å². The first-order chi connectivity index (χ1) is 5.77. The van der Waals surface area contributed by atoms with E-state index in [1.54, 1.807) is 0 Å². The number of carbonyl (C=O) groups excluding carboxylic acids is 1. The molecule has 0 bridgehead atoms. The number of rotatable bonds is 1. The number of nitrogens with one attached hydrogen (secondary N) is 1. The first-order valence-electron chi connectivity index (χ1n) is 3.20. The number of nitrogens with two attached hydrogens (primary N) is 1. The minimum Gasteiger partial charge on any atom is -0.290 e. The summed E-state index contributed by atoms with van der Waals surface area (Å²) in [6.45, 7) is 0. The van der Waals surface area contributed by atoms with Gasteiger partial charge in [-0.2, -0.15) is 0 Å². The van der Waals surface area contributed by atoms with E-state index in [-0.39, 0.29) is 0 Å². The quantitative estimate of drug-likeness (QED) is 0.256. The maximum atomic E-state index is 10.9. The second-order valence-electron chi connectivity index (χ2n) is 2.08. The van der Waals surface area contributed by atoms with Crippen LogP contribution in [0.1, 0.15) is 15.9 Å². The maximum absolute atomic E-state index is 10.9.